The number of hydrogen-bond acceptors (Lipinski definition) is 4. The van der Waals surface area contributed by atoms with Gasteiger partial charge in [-0.1, -0.05) is 6.92 Å². The third-order valence-corrected chi connectivity index (χ3v) is 5.42. The highest BCUT2D eigenvalue weighted by atomic mass is 32.2. The van der Waals surface area contributed by atoms with Crippen LogP contribution in [0.3, 0.4) is 0 Å². The minimum absolute atomic E-state index is 0.0754. The molecule has 0 aliphatic carbocycles. The van der Waals surface area contributed by atoms with E-state index < -0.39 is 10.0 Å². The third-order valence-electron chi connectivity index (χ3n) is 2.30. The van der Waals surface area contributed by atoms with Crippen LogP contribution in [-0.2, 0) is 10.0 Å². The SMILES string of the molecule is CC1CCN(S(=O)(=O)CCN)CCS1. The molecular formula is C8H18N2O2S2. The van der Waals surface area contributed by atoms with Crippen LogP contribution in [0.1, 0.15) is 13.3 Å². The minimum Gasteiger partial charge on any atom is -0.329 e. The summed E-state index contributed by atoms with van der Waals surface area (Å²) in [6, 6.07) is 0. The summed E-state index contributed by atoms with van der Waals surface area (Å²) in [5.41, 5.74) is 5.28. The highest BCUT2D eigenvalue weighted by molar-refractivity contribution is 8.00. The maximum Gasteiger partial charge on any atom is 0.215 e. The quantitative estimate of drug-likeness (QED) is 0.757. The first-order valence-electron chi connectivity index (χ1n) is 4.86. The van der Waals surface area contributed by atoms with Crippen molar-refractivity contribution >= 4 is 21.8 Å². The Bertz CT molecular complexity index is 267. The van der Waals surface area contributed by atoms with Crippen LogP contribution in [0.5, 0.6) is 0 Å². The summed E-state index contributed by atoms with van der Waals surface area (Å²) in [6.07, 6.45) is 0.939. The molecule has 4 nitrogen and oxygen atoms in total. The Balaban J connectivity index is 2.59. The number of thioether (sulfide) groups is 1. The van der Waals surface area contributed by atoms with E-state index in [4.69, 9.17) is 5.73 Å². The molecule has 0 radical (unpaired) electrons. The normalized spacial score (nSPS) is 26.0. The molecule has 0 saturated carbocycles. The van der Waals surface area contributed by atoms with Crippen LogP contribution < -0.4 is 5.73 Å². The zero-order chi connectivity index (χ0) is 10.6. The number of sulfonamides is 1. The molecule has 6 heteroatoms. The molecule has 84 valence electrons. The lowest BCUT2D eigenvalue weighted by molar-refractivity contribution is 0.429. The van der Waals surface area contributed by atoms with Crippen molar-refractivity contribution in [2.24, 2.45) is 5.73 Å². The van der Waals surface area contributed by atoms with Crippen LogP contribution in [-0.4, -0.2) is 49.1 Å². The summed E-state index contributed by atoms with van der Waals surface area (Å²) in [5.74, 6) is 0.969. The Kier molecular flexibility index (Phi) is 4.69. The van der Waals surface area contributed by atoms with Gasteiger partial charge in [-0.3, -0.25) is 0 Å². The average molecular weight is 238 g/mol. The first-order valence-corrected chi connectivity index (χ1v) is 7.51. The predicted octanol–water partition coefficient (Wildman–Crippen LogP) is 0.102. The second-order valence-corrected chi connectivity index (χ2v) is 7.11. The molecule has 1 rings (SSSR count). The zero-order valence-corrected chi connectivity index (χ0v) is 10.1. The van der Waals surface area contributed by atoms with Crippen LogP contribution in [0.15, 0.2) is 0 Å². The van der Waals surface area contributed by atoms with Crippen molar-refractivity contribution in [3.05, 3.63) is 0 Å². The Morgan fingerprint density at radius 1 is 1.50 bits per heavy atom. The van der Waals surface area contributed by atoms with Crippen LogP contribution in [0.25, 0.3) is 0 Å². The highest BCUT2D eigenvalue weighted by Crippen LogP contribution is 2.20. The Morgan fingerprint density at radius 2 is 2.21 bits per heavy atom. The van der Waals surface area contributed by atoms with Crippen LogP contribution in [0, 0.1) is 0 Å². The molecule has 1 atom stereocenters. The number of hydrogen-bond donors (Lipinski definition) is 1. The maximum atomic E-state index is 11.7. The molecule has 0 amide bonds. The summed E-state index contributed by atoms with van der Waals surface area (Å²) in [6.45, 7) is 3.64. The first kappa shape index (κ1) is 12.3. The monoisotopic (exact) mass is 238 g/mol. The summed E-state index contributed by atoms with van der Waals surface area (Å²) in [4.78, 5) is 0. The number of nitrogens with two attached hydrogens (primary N) is 1. The second kappa shape index (κ2) is 5.34. The van der Waals surface area contributed by atoms with Gasteiger partial charge >= 0.3 is 0 Å². The summed E-state index contributed by atoms with van der Waals surface area (Å²) >= 11 is 1.84. The van der Waals surface area contributed by atoms with Gasteiger partial charge in [0.05, 0.1) is 5.75 Å². The molecule has 0 aromatic rings. The molecular weight excluding hydrogens is 220 g/mol. The Labute approximate surface area is 90.3 Å². The van der Waals surface area contributed by atoms with E-state index in [1.165, 1.54) is 0 Å². The van der Waals surface area contributed by atoms with Gasteiger partial charge in [0.2, 0.25) is 10.0 Å². The van der Waals surface area contributed by atoms with Crippen LogP contribution in [0.4, 0.5) is 0 Å². The lowest BCUT2D eigenvalue weighted by Crippen LogP contribution is -2.36. The molecule has 1 aliphatic rings. The fourth-order valence-corrected chi connectivity index (χ4v) is 3.86. The summed E-state index contributed by atoms with van der Waals surface area (Å²) < 4.78 is 24.9. The van der Waals surface area contributed by atoms with Crippen molar-refractivity contribution in [3.8, 4) is 0 Å². The Morgan fingerprint density at radius 3 is 2.86 bits per heavy atom. The lowest BCUT2D eigenvalue weighted by Gasteiger charge is -2.18. The van der Waals surface area contributed by atoms with Crippen LogP contribution in [0.2, 0.25) is 0 Å². The molecule has 1 heterocycles. The molecule has 0 aromatic carbocycles. The van der Waals surface area contributed by atoms with E-state index in [9.17, 15) is 8.42 Å². The van der Waals surface area contributed by atoms with Crippen molar-refractivity contribution in [2.75, 3.05) is 31.1 Å². The van der Waals surface area contributed by atoms with E-state index in [1.54, 1.807) is 4.31 Å². The van der Waals surface area contributed by atoms with E-state index >= 15 is 0 Å². The molecule has 1 fully saturated rings. The van der Waals surface area contributed by atoms with E-state index in [2.05, 4.69) is 6.92 Å². The number of rotatable bonds is 3. The van der Waals surface area contributed by atoms with Crippen molar-refractivity contribution in [2.45, 2.75) is 18.6 Å². The largest absolute Gasteiger partial charge is 0.329 e. The lowest BCUT2D eigenvalue weighted by atomic mass is 10.3. The molecule has 0 bridgehead atoms. The van der Waals surface area contributed by atoms with Gasteiger partial charge in [-0.2, -0.15) is 11.8 Å². The Hall–Kier alpha value is 0.220. The standard InChI is InChI=1S/C8H18N2O2S2/c1-8-2-4-10(5-6-13-8)14(11,12)7-3-9/h8H,2-7,9H2,1H3. The van der Waals surface area contributed by atoms with Gasteiger partial charge in [0.1, 0.15) is 0 Å². The van der Waals surface area contributed by atoms with E-state index in [0.717, 1.165) is 12.2 Å². The van der Waals surface area contributed by atoms with Gasteiger partial charge in [0.25, 0.3) is 0 Å². The van der Waals surface area contributed by atoms with Gasteiger partial charge < -0.3 is 5.73 Å². The third kappa shape index (κ3) is 3.42. The van der Waals surface area contributed by atoms with Gasteiger partial charge in [-0.15, -0.1) is 0 Å². The van der Waals surface area contributed by atoms with Gasteiger partial charge in [-0.05, 0) is 6.42 Å². The highest BCUT2D eigenvalue weighted by Gasteiger charge is 2.23. The van der Waals surface area contributed by atoms with Gasteiger partial charge in [0.15, 0.2) is 0 Å². The molecule has 14 heavy (non-hydrogen) atoms. The molecule has 1 unspecified atom stereocenters. The molecule has 2 N–H and O–H groups in total. The van der Waals surface area contributed by atoms with Crippen molar-refractivity contribution in [1.82, 2.24) is 4.31 Å². The average Bonchev–Trinajstić information content (AvgIpc) is 2.30. The second-order valence-electron chi connectivity index (χ2n) is 3.47. The smallest absolute Gasteiger partial charge is 0.215 e. The summed E-state index contributed by atoms with van der Waals surface area (Å²) in [7, 11) is -3.09. The molecule has 1 saturated heterocycles. The molecule has 0 spiro atoms. The minimum atomic E-state index is -3.09. The van der Waals surface area contributed by atoms with Gasteiger partial charge in [-0.25, -0.2) is 12.7 Å². The van der Waals surface area contributed by atoms with Crippen molar-refractivity contribution in [3.63, 3.8) is 0 Å². The predicted molar refractivity (Wildman–Crippen MR) is 61.0 cm³/mol. The zero-order valence-electron chi connectivity index (χ0n) is 8.48. The van der Waals surface area contributed by atoms with E-state index in [1.807, 2.05) is 11.8 Å². The topological polar surface area (TPSA) is 63.4 Å². The van der Waals surface area contributed by atoms with Gasteiger partial charge in [0, 0.05) is 30.6 Å². The fourth-order valence-electron chi connectivity index (χ4n) is 1.43. The maximum absolute atomic E-state index is 11.7. The number of nitrogens with zero attached hydrogens (tertiary/aromatic N) is 1. The van der Waals surface area contributed by atoms with Crippen molar-refractivity contribution in [1.29, 1.82) is 0 Å². The van der Waals surface area contributed by atoms with E-state index in [0.29, 0.717) is 18.3 Å². The van der Waals surface area contributed by atoms with Crippen LogP contribution >= 0.6 is 11.8 Å². The molecule has 1 aliphatic heterocycles. The fraction of sp³-hybridized carbons (Fsp3) is 1.00. The first-order chi connectivity index (χ1) is 6.56. The molecule has 0 aromatic heterocycles. The van der Waals surface area contributed by atoms with Crippen molar-refractivity contribution < 1.29 is 8.42 Å². The summed E-state index contributed by atoms with van der Waals surface area (Å²) in [5, 5.41) is 0.563. The van der Waals surface area contributed by atoms with E-state index in [-0.39, 0.29) is 12.3 Å².